The molecule has 2 N–H and O–H groups in total. The van der Waals surface area contributed by atoms with E-state index >= 15 is 0 Å². The minimum Gasteiger partial charge on any atom is -0.383 e. The molecule has 3 heterocycles. The highest BCUT2D eigenvalue weighted by Crippen LogP contribution is 2.23. The van der Waals surface area contributed by atoms with Gasteiger partial charge in [-0.25, -0.2) is 9.37 Å². The van der Waals surface area contributed by atoms with Crippen LogP contribution >= 0.6 is 0 Å². The van der Waals surface area contributed by atoms with Gasteiger partial charge in [0, 0.05) is 25.7 Å². The fourth-order valence-electron chi connectivity index (χ4n) is 3.18. The van der Waals surface area contributed by atoms with Crippen molar-refractivity contribution < 1.29 is 9.18 Å². The number of anilines is 1. The summed E-state index contributed by atoms with van der Waals surface area (Å²) in [6, 6.07) is 1.62. The van der Waals surface area contributed by atoms with E-state index in [2.05, 4.69) is 9.88 Å². The van der Waals surface area contributed by atoms with Gasteiger partial charge in [-0.3, -0.25) is 9.69 Å². The van der Waals surface area contributed by atoms with Crippen molar-refractivity contribution in [3.8, 4) is 0 Å². The van der Waals surface area contributed by atoms with Crippen molar-refractivity contribution in [3.05, 3.63) is 23.6 Å². The van der Waals surface area contributed by atoms with Crippen molar-refractivity contribution in [1.29, 1.82) is 0 Å². The molecule has 0 spiro atoms. The first kappa shape index (κ1) is 13.3. The van der Waals surface area contributed by atoms with Crippen LogP contribution in [0.1, 0.15) is 29.6 Å². The zero-order valence-electron chi connectivity index (χ0n) is 11.4. The van der Waals surface area contributed by atoms with Crippen LogP contribution < -0.4 is 5.73 Å². The number of nitrogen functional groups attached to an aromatic ring is 1. The monoisotopic (exact) mass is 278 g/mol. The van der Waals surface area contributed by atoms with Gasteiger partial charge in [-0.05, 0) is 31.9 Å². The van der Waals surface area contributed by atoms with Crippen LogP contribution in [0, 0.1) is 5.82 Å². The average Bonchev–Trinajstić information content (AvgIpc) is 2.78. The Kier molecular flexibility index (Phi) is 3.56. The minimum absolute atomic E-state index is 0.101. The van der Waals surface area contributed by atoms with E-state index in [0.717, 1.165) is 32.1 Å². The van der Waals surface area contributed by atoms with Gasteiger partial charge in [0.15, 0.2) is 0 Å². The van der Waals surface area contributed by atoms with Crippen LogP contribution in [-0.2, 0) is 0 Å². The van der Waals surface area contributed by atoms with E-state index in [4.69, 9.17) is 5.73 Å². The number of nitrogens with zero attached hydrogens (tertiary/aromatic N) is 3. The highest BCUT2D eigenvalue weighted by atomic mass is 19.1. The second-order valence-corrected chi connectivity index (χ2v) is 5.52. The van der Waals surface area contributed by atoms with Crippen molar-refractivity contribution >= 4 is 11.7 Å². The van der Waals surface area contributed by atoms with Crippen LogP contribution in [0.5, 0.6) is 0 Å². The number of halogens is 1. The predicted octanol–water partition coefficient (Wildman–Crippen LogP) is 1.11. The number of fused-ring (bicyclic) bond motifs is 1. The lowest BCUT2D eigenvalue weighted by molar-refractivity contribution is 0.0743. The fourth-order valence-corrected chi connectivity index (χ4v) is 3.18. The molecule has 1 atom stereocenters. The number of pyridine rings is 1. The molecule has 1 unspecified atom stereocenters. The van der Waals surface area contributed by atoms with E-state index in [0.29, 0.717) is 19.1 Å². The van der Waals surface area contributed by atoms with Gasteiger partial charge < -0.3 is 10.6 Å². The average molecular weight is 278 g/mol. The summed E-state index contributed by atoms with van der Waals surface area (Å²) in [5.41, 5.74) is 5.88. The van der Waals surface area contributed by atoms with Crippen molar-refractivity contribution in [1.82, 2.24) is 14.8 Å². The molecule has 108 valence electrons. The Hall–Kier alpha value is -1.69. The van der Waals surface area contributed by atoms with Crippen molar-refractivity contribution in [2.45, 2.75) is 25.3 Å². The molecule has 20 heavy (non-hydrogen) atoms. The maximum Gasteiger partial charge on any atom is 0.257 e. The number of hydrogen-bond acceptors (Lipinski definition) is 4. The molecule has 2 aliphatic rings. The van der Waals surface area contributed by atoms with Gasteiger partial charge in [-0.2, -0.15) is 0 Å². The molecule has 1 amide bonds. The number of hydrogen-bond donors (Lipinski definition) is 1. The summed E-state index contributed by atoms with van der Waals surface area (Å²) in [5.74, 6) is -0.632. The van der Waals surface area contributed by atoms with Gasteiger partial charge >= 0.3 is 0 Å². The Morgan fingerprint density at radius 2 is 2.15 bits per heavy atom. The Labute approximate surface area is 117 Å². The number of rotatable bonds is 1. The first-order valence-electron chi connectivity index (χ1n) is 7.09. The van der Waals surface area contributed by atoms with Gasteiger partial charge in [-0.1, -0.05) is 0 Å². The second kappa shape index (κ2) is 5.36. The highest BCUT2D eigenvalue weighted by Gasteiger charge is 2.31. The molecule has 0 aromatic carbocycles. The lowest BCUT2D eigenvalue weighted by Crippen LogP contribution is -2.40. The molecule has 3 rings (SSSR count). The maximum atomic E-state index is 13.3. The van der Waals surface area contributed by atoms with Crippen LogP contribution in [0.4, 0.5) is 10.2 Å². The van der Waals surface area contributed by atoms with E-state index in [9.17, 15) is 9.18 Å². The van der Waals surface area contributed by atoms with E-state index < -0.39 is 5.82 Å². The Bertz CT molecular complexity index is 522. The smallest absolute Gasteiger partial charge is 0.257 e. The molecule has 2 fully saturated rings. The summed E-state index contributed by atoms with van der Waals surface area (Å²) in [7, 11) is 0. The third kappa shape index (κ3) is 2.47. The van der Waals surface area contributed by atoms with Crippen molar-refractivity contribution in [3.63, 3.8) is 0 Å². The standard InChI is InChI=1S/C14H19FN4O/c15-10-7-12(13(16)17-8-10)14(20)19-6-2-5-18-4-1-3-11(18)9-19/h7-8,11H,1-6,9H2,(H2,16,17). The Balaban J connectivity index is 1.80. The molecular formula is C14H19FN4O. The molecular weight excluding hydrogens is 259 g/mol. The summed E-state index contributed by atoms with van der Waals surface area (Å²) >= 11 is 0. The summed E-state index contributed by atoms with van der Waals surface area (Å²) in [4.78, 5) is 20.5. The first-order valence-corrected chi connectivity index (χ1v) is 7.09. The van der Waals surface area contributed by atoms with E-state index in [1.54, 1.807) is 4.90 Å². The van der Waals surface area contributed by atoms with Gasteiger partial charge in [0.1, 0.15) is 11.6 Å². The van der Waals surface area contributed by atoms with Gasteiger partial charge in [0.25, 0.3) is 5.91 Å². The van der Waals surface area contributed by atoms with E-state index in [-0.39, 0.29) is 17.3 Å². The second-order valence-electron chi connectivity index (χ2n) is 5.52. The van der Waals surface area contributed by atoms with Gasteiger partial charge in [0.2, 0.25) is 0 Å². The lowest BCUT2D eigenvalue weighted by Gasteiger charge is -2.26. The number of aromatic nitrogens is 1. The summed E-state index contributed by atoms with van der Waals surface area (Å²) < 4.78 is 13.3. The summed E-state index contributed by atoms with van der Waals surface area (Å²) in [6.07, 6.45) is 4.30. The molecule has 1 aromatic heterocycles. The maximum absolute atomic E-state index is 13.3. The molecule has 1 aromatic rings. The number of nitrogens with two attached hydrogens (primary N) is 1. The number of amides is 1. The van der Waals surface area contributed by atoms with Crippen LogP contribution in [0.15, 0.2) is 12.3 Å². The molecule has 0 bridgehead atoms. The predicted molar refractivity (Wildman–Crippen MR) is 73.7 cm³/mol. The normalized spacial score (nSPS) is 23.4. The topological polar surface area (TPSA) is 62.5 Å². The quantitative estimate of drug-likeness (QED) is 0.836. The van der Waals surface area contributed by atoms with E-state index in [1.807, 2.05) is 0 Å². The van der Waals surface area contributed by atoms with Crippen LogP contribution in [0.25, 0.3) is 0 Å². The number of carbonyl (C=O) groups excluding carboxylic acids is 1. The summed E-state index contributed by atoms with van der Waals surface area (Å²) in [6.45, 7) is 3.55. The molecule has 2 saturated heterocycles. The fraction of sp³-hybridized carbons (Fsp3) is 0.571. The zero-order chi connectivity index (χ0) is 14.1. The molecule has 0 radical (unpaired) electrons. The molecule has 6 heteroatoms. The lowest BCUT2D eigenvalue weighted by atomic mass is 10.1. The van der Waals surface area contributed by atoms with Gasteiger partial charge in [0.05, 0.1) is 11.8 Å². The zero-order valence-corrected chi connectivity index (χ0v) is 11.4. The third-order valence-corrected chi connectivity index (χ3v) is 4.21. The molecule has 0 aliphatic carbocycles. The molecule has 2 aliphatic heterocycles. The van der Waals surface area contributed by atoms with E-state index in [1.165, 1.54) is 12.5 Å². The highest BCUT2D eigenvalue weighted by molar-refractivity contribution is 5.98. The SMILES string of the molecule is Nc1ncc(F)cc1C(=O)N1CCCN2CCCC2C1. The third-order valence-electron chi connectivity index (χ3n) is 4.21. The molecule has 0 saturated carbocycles. The first-order chi connectivity index (χ1) is 9.65. The van der Waals surface area contributed by atoms with Crippen LogP contribution in [-0.4, -0.2) is 52.9 Å². The Morgan fingerprint density at radius 3 is 3.00 bits per heavy atom. The van der Waals surface area contributed by atoms with Gasteiger partial charge in [-0.15, -0.1) is 0 Å². The largest absolute Gasteiger partial charge is 0.383 e. The molecule has 5 nitrogen and oxygen atoms in total. The van der Waals surface area contributed by atoms with Crippen molar-refractivity contribution in [2.75, 3.05) is 31.9 Å². The number of carbonyl (C=O) groups is 1. The summed E-state index contributed by atoms with van der Waals surface area (Å²) in [5, 5.41) is 0. The minimum atomic E-state index is -0.528. The van der Waals surface area contributed by atoms with Crippen LogP contribution in [0.3, 0.4) is 0 Å². The van der Waals surface area contributed by atoms with Crippen LogP contribution in [0.2, 0.25) is 0 Å². The van der Waals surface area contributed by atoms with Crippen molar-refractivity contribution in [2.24, 2.45) is 0 Å². The Morgan fingerprint density at radius 1 is 1.35 bits per heavy atom.